The molecule has 2 aromatic rings. The molecule has 1 heterocycles. The summed E-state index contributed by atoms with van der Waals surface area (Å²) in [6.45, 7) is 2.22. The first kappa shape index (κ1) is 14.7. The van der Waals surface area contributed by atoms with E-state index in [1.807, 2.05) is 31.2 Å². The molecule has 0 aliphatic carbocycles. The molecule has 20 heavy (non-hydrogen) atoms. The van der Waals surface area contributed by atoms with E-state index < -0.39 is 0 Å². The number of halogens is 1. The number of hydrogen-bond acceptors (Lipinski definition) is 3. The fourth-order valence-electron chi connectivity index (χ4n) is 1.83. The third-order valence-corrected chi connectivity index (χ3v) is 3.35. The van der Waals surface area contributed by atoms with Gasteiger partial charge >= 0.3 is 0 Å². The first-order valence-electron chi connectivity index (χ1n) is 6.22. The van der Waals surface area contributed by atoms with E-state index in [1.54, 1.807) is 17.8 Å². The van der Waals surface area contributed by atoms with Crippen LogP contribution in [0.5, 0.6) is 0 Å². The number of hydrogen-bond donors (Lipinski definition) is 1. The molecule has 0 aliphatic heterocycles. The Morgan fingerprint density at radius 2 is 2.05 bits per heavy atom. The smallest absolute Gasteiger partial charge is 0.272 e. The number of carbonyl (C=O) groups excluding carboxylic acids is 1. The van der Waals surface area contributed by atoms with Crippen molar-refractivity contribution in [3.63, 3.8) is 0 Å². The van der Waals surface area contributed by atoms with Gasteiger partial charge in [-0.15, -0.1) is 0 Å². The van der Waals surface area contributed by atoms with E-state index in [0.29, 0.717) is 10.3 Å². The van der Waals surface area contributed by atoms with E-state index >= 15 is 0 Å². The molecular formula is C14H16BrN3O2. The quantitative estimate of drug-likeness (QED) is 0.928. The Morgan fingerprint density at radius 1 is 1.40 bits per heavy atom. The van der Waals surface area contributed by atoms with E-state index in [9.17, 15) is 4.79 Å². The minimum Gasteiger partial charge on any atom is -0.395 e. The topological polar surface area (TPSA) is 58.4 Å². The van der Waals surface area contributed by atoms with Crippen LogP contribution >= 0.6 is 15.9 Å². The van der Waals surface area contributed by atoms with Gasteiger partial charge in [-0.3, -0.25) is 4.79 Å². The second-order valence-electron chi connectivity index (χ2n) is 4.55. The maximum Gasteiger partial charge on any atom is 0.272 e. The molecule has 0 fully saturated rings. The van der Waals surface area contributed by atoms with E-state index in [2.05, 4.69) is 21.0 Å². The number of aryl methyl sites for hydroxylation is 1. The molecule has 106 valence electrons. The van der Waals surface area contributed by atoms with E-state index in [0.717, 1.165) is 11.3 Å². The first-order valence-corrected chi connectivity index (χ1v) is 7.01. The molecule has 0 saturated carbocycles. The summed E-state index contributed by atoms with van der Waals surface area (Å²) < 4.78 is 2.19. The SMILES string of the molecule is Cc1ccc(-n2nc(Br)cc2C(=O)N(C)CCO)cc1. The van der Waals surface area contributed by atoms with Gasteiger partial charge in [0.15, 0.2) is 0 Å². The summed E-state index contributed by atoms with van der Waals surface area (Å²) in [6.07, 6.45) is 0. The van der Waals surface area contributed by atoms with E-state index in [1.165, 1.54) is 4.90 Å². The molecule has 1 amide bonds. The summed E-state index contributed by atoms with van der Waals surface area (Å²) in [4.78, 5) is 13.8. The van der Waals surface area contributed by atoms with Crippen LogP contribution in [0.4, 0.5) is 0 Å². The highest BCUT2D eigenvalue weighted by molar-refractivity contribution is 9.10. The average molecular weight is 338 g/mol. The average Bonchev–Trinajstić information content (AvgIpc) is 2.81. The van der Waals surface area contributed by atoms with Crippen molar-refractivity contribution in [2.45, 2.75) is 6.92 Å². The summed E-state index contributed by atoms with van der Waals surface area (Å²) in [7, 11) is 1.65. The highest BCUT2D eigenvalue weighted by Crippen LogP contribution is 2.18. The fraction of sp³-hybridized carbons (Fsp3) is 0.286. The summed E-state index contributed by atoms with van der Waals surface area (Å²) >= 11 is 3.30. The number of rotatable bonds is 4. The summed E-state index contributed by atoms with van der Waals surface area (Å²) in [6, 6.07) is 9.44. The highest BCUT2D eigenvalue weighted by atomic mass is 79.9. The number of aliphatic hydroxyl groups excluding tert-OH is 1. The molecule has 1 aromatic carbocycles. The number of nitrogens with zero attached hydrogens (tertiary/aromatic N) is 3. The third-order valence-electron chi connectivity index (χ3n) is 2.96. The molecule has 0 saturated heterocycles. The monoisotopic (exact) mass is 337 g/mol. The fourth-order valence-corrected chi connectivity index (χ4v) is 2.21. The van der Waals surface area contributed by atoms with Crippen molar-refractivity contribution in [2.24, 2.45) is 0 Å². The number of benzene rings is 1. The molecule has 2 rings (SSSR count). The molecule has 0 aliphatic rings. The van der Waals surface area contributed by atoms with Crippen LogP contribution in [0.3, 0.4) is 0 Å². The molecule has 0 radical (unpaired) electrons. The van der Waals surface area contributed by atoms with Gasteiger partial charge < -0.3 is 10.0 Å². The second-order valence-corrected chi connectivity index (χ2v) is 5.36. The van der Waals surface area contributed by atoms with E-state index in [-0.39, 0.29) is 19.1 Å². The Balaban J connectivity index is 2.40. The Labute approximate surface area is 126 Å². The Kier molecular flexibility index (Phi) is 4.57. The van der Waals surface area contributed by atoms with Crippen LogP contribution in [0, 0.1) is 6.92 Å². The molecule has 6 heteroatoms. The first-order chi connectivity index (χ1) is 9.52. The molecule has 1 N–H and O–H groups in total. The van der Waals surface area contributed by atoms with Crippen LogP contribution in [0.15, 0.2) is 34.9 Å². The number of aliphatic hydroxyl groups is 1. The highest BCUT2D eigenvalue weighted by Gasteiger charge is 2.19. The zero-order valence-electron chi connectivity index (χ0n) is 11.4. The van der Waals surface area contributed by atoms with Crippen LogP contribution in [-0.4, -0.2) is 45.9 Å². The van der Waals surface area contributed by atoms with E-state index in [4.69, 9.17) is 5.11 Å². The minimum atomic E-state index is -0.183. The summed E-state index contributed by atoms with van der Waals surface area (Å²) in [5, 5.41) is 13.2. The van der Waals surface area contributed by atoms with Gasteiger partial charge in [0.05, 0.1) is 12.3 Å². The molecule has 0 atom stereocenters. The van der Waals surface area contributed by atoms with Gasteiger partial charge in [0.25, 0.3) is 5.91 Å². The maximum atomic E-state index is 12.3. The van der Waals surface area contributed by atoms with Crippen LogP contribution in [0.2, 0.25) is 0 Å². The predicted octanol–water partition coefficient (Wildman–Crippen LogP) is 2.01. The Hall–Kier alpha value is -1.66. The number of carbonyl (C=O) groups is 1. The standard InChI is InChI=1S/C14H16BrN3O2/c1-10-3-5-11(6-4-10)18-12(9-13(15)16-18)14(20)17(2)7-8-19/h3-6,9,19H,7-8H2,1-2H3. The molecular weight excluding hydrogens is 322 g/mol. The normalized spacial score (nSPS) is 10.6. The van der Waals surface area contributed by atoms with Gasteiger partial charge in [-0.2, -0.15) is 5.10 Å². The second kappa shape index (κ2) is 6.19. The molecule has 0 unspecified atom stereocenters. The van der Waals surface area contributed by atoms with Crippen molar-refractivity contribution in [1.82, 2.24) is 14.7 Å². The Bertz CT molecular complexity index is 607. The Morgan fingerprint density at radius 3 is 2.65 bits per heavy atom. The van der Waals surface area contributed by atoms with Crippen molar-refractivity contribution in [2.75, 3.05) is 20.2 Å². The lowest BCUT2D eigenvalue weighted by atomic mass is 10.2. The lowest BCUT2D eigenvalue weighted by Gasteiger charge is -2.16. The molecule has 5 nitrogen and oxygen atoms in total. The van der Waals surface area contributed by atoms with Crippen LogP contribution in [0.25, 0.3) is 5.69 Å². The van der Waals surface area contributed by atoms with Gasteiger partial charge in [0, 0.05) is 19.7 Å². The number of aromatic nitrogens is 2. The van der Waals surface area contributed by atoms with Gasteiger partial charge in [0.2, 0.25) is 0 Å². The van der Waals surface area contributed by atoms with Crippen LogP contribution in [0.1, 0.15) is 16.1 Å². The molecule has 0 bridgehead atoms. The minimum absolute atomic E-state index is 0.0674. The van der Waals surface area contributed by atoms with Crippen molar-refractivity contribution < 1.29 is 9.90 Å². The van der Waals surface area contributed by atoms with Crippen molar-refractivity contribution in [3.8, 4) is 5.69 Å². The van der Waals surface area contributed by atoms with Gasteiger partial charge in [-0.05, 0) is 35.0 Å². The predicted molar refractivity (Wildman–Crippen MR) is 80.0 cm³/mol. The summed E-state index contributed by atoms with van der Waals surface area (Å²) in [5.74, 6) is -0.183. The zero-order chi connectivity index (χ0) is 14.7. The van der Waals surface area contributed by atoms with Crippen LogP contribution in [-0.2, 0) is 0 Å². The van der Waals surface area contributed by atoms with Crippen molar-refractivity contribution in [3.05, 3.63) is 46.2 Å². The zero-order valence-corrected chi connectivity index (χ0v) is 13.0. The van der Waals surface area contributed by atoms with Gasteiger partial charge in [-0.25, -0.2) is 4.68 Å². The number of likely N-dealkylation sites (N-methyl/N-ethyl adjacent to an activating group) is 1. The van der Waals surface area contributed by atoms with Crippen LogP contribution < -0.4 is 0 Å². The van der Waals surface area contributed by atoms with Crippen molar-refractivity contribution in [1.29, 1.82) is 0 Å². The molecule has 0 spiro atoms. The van der Waals surface area contributed by atoms with Crippen molar-refractivity contribution >= 4 is 21.8 Å². The maximum absolute atomic E-state index is 12.3. The largest absolute Gasteiger partial charge is 0.395 e. The lowest BCUT2D eigenvalue weighted by Crippen LogP contribution is -2.31. The molecule has 1 aromatic heterocycles. The van der Waals surface area contributed by atoms with Gasteiger partial charge in [-0.1, -0.05) is 17.7 Å². The third kappa shape index (κ3) is 3.08. The summed E-state index contributed by atoms with van der Waals surface area (Å²) in [5.41, 5.74) is 2.42. The van der Waals surface area contributed by atoms with Gasteiger partial charge in [0.1, 0.15) is 10.3 Å². The lowest BCUT2D eigenvalue weighted by molar-refractivity contribution is 0.0758. The number of amides is 1.